The fraction of sp³-hybridized carbons (Fsp3) is 0.294. The van der Waals surface area contributed by atoms with Gasteiger partial charge in [-0.2, -0.15) is 9.81 Å². The SMILES string of the molecule is Cc1cc(Cc2cc(C)c(N=O)c(CN=O)c2N=O)c(N=O)c(CN=O)c1N=O. The van der Waals surface area contributed by atoms with E-state index in [1.807, 2.05) is 0 Å². The monoisotopic (exact) mass is 398 g/mol. The van der Waals surface area contributed by atoms with E-state index in [4.69, 9.17) is 0 Å². The highest BCUT2D eigenvalue weighted by molar-refractivity contribution is 5.72. The Kier molecular flexibility index (Phi) is 6.85. The van der Waals surface area contributed by atoms with E-state index < -0.39 is 13.1 Å². The van der Waals surface area contributed by atoms with E-state index >= 15 is 0 Å². The van der Waals surface area contributed by atoms with Gasteiger partial charge < -0.3 is 0 Å². The van der Waals surface area contributed by atoms with Crippen molar-refractivity contribution in [3.63, 3.8) is 0 Å². The molecule has 12 nitrogen and oxygen atoms in total. The lowest BCUT2D eigenvalue weighted by molar-refractivity contribution is 1.01. The zero-order valence-corrected chi connectivity index (χ0v) is 15.4. The van der Waals surface area contributed by atoms with Crippen LogP contribution in [0.15, 0.2) is 43.2 Å². The van der Waals surface area contributed by atoms with E-state index in [2.05, 4.69) is 31.1 Å². The third-order valence-electron chi connectivity index (χ3n) is 4.47. The highest BCUT2D eigenvalue weighted by Crippen LogP contribution is 2.41. The van der Waals surface area contributed by atoms with Crippen LogP contribution in [-0.2, 0) is 19.5 Å². The summed E-state index contributed by atoms with van der Waals surface area (Å²) in [5.74, 6) is 0. The van der Waals surface area contributed by atoms with Crippen LogP contribution in [0.3, 0.4) is 0 Å². The summed E-state index contributed by atoms with van der Waals surface area (Å²) < 4.78 is 0. The molecule has 0 heterocycles. The first-order valence-electron chi connectivity index (χ1n) is 8.19. The van der Waals surface area contributed by atoms with E-state index in [-0.39, 0.29) is 51.4 Å². The van der Waals surface area contributed by atoms with Crippen molar-refractivity contribution >= 4 is 22.7 Å². The predicted molar refractivity (Wildman–Crippen MR) is 106 cm³/mol. The van der Waals surface area contributed by atoms with Gasteiger partial charge in [0.2, 0.25) is 0 Å². The maximum atomic E-state index is 11.4. The molecule has 0 aliphatic rings. The van der Waals surface area contributed by atoms with Crippen molar-refractivity contribution in [2.24, 2.45) is 31.1 Å². The summed E-state index contributed by atoms with van der Waals surface area (Å²) in [7, 11) is 0. The first-order chi connectivity index (χ1) is 14.0. The standard InChI is InChI=1S/C17H14N6O6/c1-8-3-10(16(22-28)12(6-18-24)14(8)20-26)5-11-4-9(2)15(21-27)13(7-19-25)17(11)23-29/h3-4H,5-7H2,1-2H3. The molecule has 0 fully saturated rings. The highest BCUT2D eigenvalue weighted by Gasteiger charge is 2.23. The lowest BCUT2D eigenvalue weighted by Crippen LogP contribution is -1.99. The second-order valence-electron chi connectivity index (χ2n) is 6.17. The van der Waals surface area contributed by atoms with Gasteiger partial charge in [-0.05, 0) is 56.8 Å². The molecule has 0 bridgehead atoms. The minimum atomic E-state index is -0.497. The fourth-order valence-electron chi connectivity index (χ4n) is 3.27. The zero-order chi connectivity index (χ0) is 21.6. The molecule has 12 heteroatoms. The predicted octanol–water partition coefficient (Wildman–Crippen LogP) is 6.02. The van der Waals surface area contributed by atoms with Crippen LogP contribution < -0.4 is 0 Å². The molecule has 0 aromatic heterocycles. The number of nitrogens with zero attached hydrogens (tertiary/aromatic N) is 6. The van der Waals surface area contributed by atoms with Crippen LogP contribution in [0.25, 0.3) is 0 Å². The maximum Gasteiger partial charge on any atom is 0.119 e. The van der Waals surface area contributed by atoms with E-state index in [9.17, 15) is 29.4 Å². The van der Waals surface area contributed by atoms with Crippen molar-refractivity contribution in [1.29, 1.82) is 0 Å². The normalized spacial score (nSPS) is 10.3. The van der Waals surface area contributed by atoms with Gasteiger partial charge in [0.15, 0.2) is 0 Å². The fourth-order valence-corrected chi connectivity index (χ4v) is 3.27. The van der Waals surface area contributed by atoms with Crippen LogP contribution in [0.1, 0.15) is 33.4 Å². The second kappa shape index (κ2) is 9.30. The minimum absolute atomic E-state index is 0.0294. The van der Waals surface area contributed by atoms with Crippen LogP contribution in [0.2, 0.25) is 0 Å². The summed E-state index contributed by atoms with van der Waals surface area (Å²) in [6.45, 7) is 2.11. The molecule has 2 aromatic rings. The van der Waals surface area contributed by atoms with E-state index in [1.165, 1.54) is 12.1 Å². The number of nitroso groups, excluding NO2 is 6. The third-order valence-corrected chi connectivity index (χ3v) is 4.47. The number of rotatable bonds is 10. The minimum Gasteiger partial charge on any atom is -0.150 e. The molecular formula is C17H14N6O6. The molecule has 0 saturated carbocycles. The van der Waals surface area contributed by atoms with Crippen LogP contribution in [0.4, 0.5) is 22.7 Å². The second-order valence-corrected chi connectivity index (χ2v) is 6.17. The van der Waals surface area contributed by atoms with Crippen LogP contribution >= 0.6 is 0 Å². The Morgan fingerprint density at radius 1 is 0.586 bits per heavy atom. The quantitative estimate of drug-likeness (QED) is 0.441. The first kappa shape index (κ1) is 21.3. The van der Waals surface area contributed by atoms with Crippen LogP contribution in [0.5, 0.6) is 0 Å². The molecule has 0 amide bonds. The van der Waals surface area contributed by atoms with E-state index in [0.717, 1.165) is 0 Å². The summed E-state index contributed by atoms with van der Waals surface area (Å²) in [6, 6.07) is 2.93. The summed E-state index contributed by atoms with van der Waals surface area (Å²) in [4.78, 5) is 66.6. The van der Waals surface area contributed by atoms with Gasteiger partial charge in [0.1, 0.15) is 35.8 Å². The van der Waals surface area contributed by atoms with Crippen molar-refractivity contribution in [1.82, 2.24) is 0 Å². The van der Waals surface area contributed by atoms with Gasteiger partial charge in [0.25, 0.3) is 0 Å². The van der Waals surface area contributed by atoms with Gasteiger partial charge in [-0.3, -0.25) is 0 Å². The molecule has 0 spiro atoms. The Hall–Kier alpha value is -3.96. The molecule has 0 aliphatic carbocycles. The molecule has 0 aliphatic heterocycles. The van der Waals surface area contributed by atoms with Gasteiger partial charge >= 0.3 is 0 Å². The topological polar surface area (TPSA) is 177 Å². The summed E-state index contributed by atoms with van der Waals surface area (Å²) >= 11 is 0. The van der Waals surface area contributed by atoms with Crippen LogP contribution in [0, 0.1) is 43.3 Å². The molecule has 0 N–H and O–H groups in total. The molecule has 148 valence electrons. The third kappa shape index (κ3) is 4.00. The average molecular weight is 398 g/mol. The molecule has 0 saturated heterocycles. The number of hydrogen-bond acceptors (Lipinski definition) is 12. The van der Waals surface area contributed by atoms with Crippen molar-refractivity contribution < 1.29 is 0 Å². The molecule has 29 heavy (non-hydrogen) atoms. The largest absolute Gasteiger partial charge is 0.150 e. The van der Waals surface area contributed by atoms with Crippen molar-refractivity contribution in [3.05, 3.63) is 75.0 Å². The van der Waals surface area contributed by atoms with Gasteiger partial charge in [0.05, 0.1) is 0 Å². The lowest BCUT2D eigenvalue weighted by Gasteiger charge is -2.15. The molecule has 0 radical (unpaired) electrons. The lowest BCUT2D eigenvalue weighted by atomic mass is 9.92. The van der Waals surface area contributed by atoms with Crippen molar-refractivity contribution in [3.8, 4) is 0 Å². The van der Waals surface area contributed by atoms with Crippen molar-refractivity contribution in [2.45, 2.75) is 33.4 Å². The van der Waals surface area contributed by atoms with Crippen LogP contribution in [-0.4, -0.2) is 0 Å². The number of hydrogen-bond donors (Lipinski definition) is 0. The summed E-state index contributed by atoms with van der Waals surface area (Å²) in [5.41, 5.74) is 0.627. The number of benzene rings is 2. The van der Waals surface area contributed by atoms with Gasteiger partial charge in [-0.25, -0.2) is 0 Å². The van der Waals surface area contributed by atoms with Gasteiger partial charge in [-0.1, -0.05) is 22.5 Å². The summed E-state index contributed by atoms with van der Waals surface area (Å²) in [5, 5.41) is 16.9. The van der Waals surface area contributed by atoms with Gasteiger partial charge in [-0.15, -0.1) is 19.6 Å². The Morgan fingerprint density at radius 3 is 1.21 bits per heavy atom. The Labute approximate surface area is 162 Å². The smallest absolute Gasteiger partial charge is 0.119 e. The Bertz CT molecular complexity index is 955. The van der Waals surface area contributed by atoms with E-state index in [0.29, 0.717) is 11.1 Å². The first-order valence-corrected chi connectivity index (χ1v) is 8.19. The van der Waals surface area contributed by atoms with Gasteiger partial charge in [0, 0.05) is 17.5 Å². The Morgan fingerprint density at radius 2 is 0.931 bits per heavy atom. The summed E-state index contributed by atoms with van der Waals surface area (Å²) in [6.07, 6.45) is -0.0696. The molecule has 0 atom stereocenters. The number of aryl methyl sites for hydroxylation is 2. The zero-order valence-electron chi connectivity index (χ0n) is 15.4. The highest BCUT2D eigenvalue weighted by atomic mass is 16.3. The molecule has 2 aromatic carbocycles. The van der Waals surface area contributed by atoms with E-state index in [1.54, 1.807) is 13.8 Å². The molecule has 0 unspecified atom stereocenters. The maximum absolute atomic E-state index is 11.4. The Balaban J connectivity index is 2.77. The van der Waals surface area contributed by atoms with Crippen molar-refractivity contribution in [2.75, 3.05) is 0 Å². The molecular weight excluding hydrogens is 384 g/mol. The average Bonchev–Trinajstić information content (AvgIpc) is 2.69. The molecule has 2 rings (SSSR count).